The predicted molar refractivity (Wildman–Crippen MR) is 58.9 cm³/mol. The van der Waals surface area contributed by atoms with E-state index in [0.29, 0.717) is 6.04 Å². The summed E-state index contributed by atoms with van der Waals surface area (Å²) in [4.78, 5) is 0. The lowest BCUT2D eigenvalue weighted by molar-refractivity contribution is 0.518. The van der Waals surface area contributed by atoms with E-state index in [1.165, 1.54) is 0 Å². The molecule has 1 heterocycles. The summed E-state index contributed by atoms with van der Waals surface area (Å²) in [6.07, 6.45) is 1.74. The summed E-state index contributed by atoms with van der Waals surface area (Å²) >= 11 is 1.87. The highest BCUT2D eigenvalue weighted by Gasteiger charge is 2.09. The van der Waals surface area contributed by atoms with E-state index in [-0.39, 0.29) is 0 Å². The average Bonchev–Trinajstić information content (AvgIpc) is 2.43. The Hall–Kier alpha value is -0.640. The van der Waals surface area contributed by atoms with Gasteiger partial charge in [-0.15, -0.1) is 0 Å². The smallest absolute Gasteiger partial charge is 0.0741 e. The monoisotopic (exact) mass is 199 g/mol. The minimum absolute atomic E-state index is 0.393. The molecule has 4 heteroatoms. The van der Waals surface area contributed by atoms with E-state index >= 15 is 0 Å². The van der Waals surface area contributed by atoms with Gasteiger partial charge in [-0.2, -0.15) is 16.9 Å². The van der Waals surface area contributed by atoms with Gasteiger partial charge in [0.25, 0.3) is 0 Å². The number of rotatable bonds is 4. The average molecular weight is 199 g/mol. The van der Waals surface area contributed by atoms with Crippen molar-refractivity contribution in [2.45, 2.75) is 32.6 Å². The number of anilines is 1. The van der Waals surface area contributed by atoms with Gasteiger partial charge in [0, 0.05) is 11.8 Å². The zero-order chi connectivity index (χ0) is 9.84. The molecule has 0 spiro atoms. The Morgan fingerprint density at radius 1 is 1.62 bits per heavy atom. The highest BCUT2D eigenvalue weighted by atomic mass is 32.2. The van der Waals surface area contributed by atoms with Crippen LogP contribution in [0.5, 0.6) is 0 Å². The summed E-state index contributed by atoms with van der Waals surface area (Å²) in [5.41, 5.74) is 7.79. The van der Waals surface area contributed by atoms with E-state index in [1.54, 1.807) is 6.20 Å². The van der Waals surface area contributed by atoms with Crippen LogP contribution in [0.25, 0.3) is 0 Å². The predicted octanol–water partition coefficient (Wildman–Crippen LogP) is 2.30. The van der Waals surface area contributed by atoms with Gasteiger partial charge in [-0.1, -0.05) is 6.92 Å². The Balaban J connectivity index is 2.82. The molecule has 1 aromatic heterocycles. The van der Waals surface area contributed by atoms with Crippen LogP contribution in [0.2, 0.25) is 0 Å². The molecule has 0 saturated heterocycles. The third-order valence-corrected chi connectivity index (χ3v) is 2.75. The highest BCUT2D eigenvalue weighted by Crippen LogP contribution is 2.20. The van der Waals surface area contributed by atoms with Gasteiger partial charge in [-0.05, 0) is 19.6 Å². The van der Waals surface area contributed by atoms with Crippen molar-refractivity contribution in [2.75, 3.05) is 11.5 Å². The highest BCUT2D eigenvalue weighted by molar-refractivity contribution is 7.98. The van der Waals surface area contributed by atoms with Gasteiger partial charge in [0.15, 0.2) is 0 Å². The molecule has 1 rings (SSSR count). The quantitative estimate of drug-likeness (QED) is 0.809. The fraction of sp³-hybridized carbons (Fsp3) is 0.667. The van der Waals surface area contributed by atoms with Crippen LogP contribution in [-0.2, 0) is 5.75 Å². The summed E-state index contributed by atoms with van der Waals surface area (Å²) in [5, 5.41) is 4.25. The Morgan fingerprint density at radius 3 is 2.85 bits per heavy atom. The van der Waals surface area contributed by atoms with Crippen LogP contribution in [0.15, 0.2) is 6.20 Å². The molecule has 0 unspecified atom stereocenters. The fourth-order valence-corrected chi connectivity index (χ4v) is 1.89. The summed E-state index contributed by atoms with van der Waals surface area (Å²) < 4.78 is 2.00. The van der Waals surface area contributed by atoms with Crippen LogP contribution in [0.3, 0.4) is 0 Å². The standard InChI is InChI=1S/C9H17N3S/c1-4-13-6-9-8(10)5-11-12(9)7(2)3/h5,7H,4,6,10H2,1-3H3. The molecule has 0 saturated carbocycles. The summed E-state index contributed by atoms with van der Waals surface area (Å²) in [5.74, 6) is 2.07. The molecule has 74 valence electrons. The zero-order valence-corrected chi connectivity index (χ0v) is 9.27. The van der Waals surface area contributed by atoms with E-state index in [4.69, 9.17) is 5.73 Å². The number of aromatic nitrogens is 2. The molecule has 0 aromatic carbocycles. The van der Waals surface area contributed by atoms with E-state index in [2.05, 4.69) is 25.9 Å². The Labute approximate surface area is 83.7 Å². The summed E-state index contributed by atoms with van der Waals surface area (Å²) in [6.45, 7) is 6.38. The Bertz CT molecular complexity index is 268. The van der Waals surface area contributed by atoms with Crippen LogP contribution in [0, 0.1) is 0 Å². The third kappa shape index (κ3) is 2.40. The first-order valence-corrected chi connectivity index (χ1v) is 5.71. The molecule has 13 heavy (non-hydrogen) atoms. The topological polar surface area (TPSA) is 43.8 Å². The summed E-state index contributed by atoms with van der Waals surface area (Å²) in [7, 11) is 0. The van der Waals surface area contributed by atoms with Crippen molar-refractivity contribution in [2.24, 2.45) is 0 Å². The van der Waals surface area contributed by atoms with E-state index in [0.717, 1.165) is 22.9 Å². The molecule has 0 atom stereocenters. The lowest BCUT2D eigenvalue weighted by atomic mass is 10.3. The van der Waals surface area contributed by atoms with Gasteiger partial charge in [-0.3, -0.25) is 4.68 Å². The van der Waals surface area contributed by atoms with Crippen LogP contribution in [0.1, 0.15) is 32.5 Å². The van der Waals surface area contributed by atoms with E-state index in [9.17, 15) is 0 Å². The SMILES string of the molecule is CCSCc1c(N)cnn1C(C)C. The molecule has 0 aliphatic heterocycles. The number of nitrogens with two attached hydrogens (primary N) is 1. The maximum Gasteiger partial charge on any atom is 0.0741 e. The third-order valence-electron chi connectivity index (χ3n) is 1.86. The first kappa shape index (κ1) is 10.4. The van der Waals surface area contributed by atoms with E-state index in [1.807, 2.05) is 16.4 Å². The van der Waals surface area contributed by atoms with Crippen molar-refractivity contribution < 1.29 is 0 Å². The van der Waals surface area contributed by atoms with Gasteiger partial charge >= 0.3 is 0 Å². The van der Waals surface area contributed by atoms with Crippen LogP contribution >= 0.6 is 11.8 Å². The largest absolute Gasteiger partial charge is 0.396 e. The minimum Gasteiger partial charge on any atom is -0.396 e. The van der Waals surface area contributed by atoms with Gasteiger partial charge in [0.1, 0.15) is 0 Å². The maximum atomic E-state index is 5.82. The second-order valence-corrected chi connectivity index (χ2v) is 4.50. The fourth-order valence-electron chi connectivity index (χ4n) is 1.19. The van der Waals surface area contributed by atoms with Crippen molar-refractivity contribution in [1.82, 2.24) is 9.78 Å². The number of thioether (sulfide) groups is 1. The van der Waals surface area contributed by atoms with Crippen LogP contribution in [-0.4, -0.2) is 15.5 Å². The normalized spacial score (nSPS) is 11.1. The molecule has 0 fully saturated rings. The molecular formula is C9H17N3S. The molecular weight excluding hydrogens is 182 g/mol. The van der Waals surface area contributed by atoms with Crippen molar-refractivity contribution in [3.05, 3.63) is 11.9 Å². The van der Waals surface area contributed by atoms with Gasteiger partial charge in [0.2, 0.25) is 0 Å². The van der Waals surface area contributed by atoms with Crippen LogP contribution < -0.4 is 5.73 Å². The number of nitrogen functional groups attached to an aromatic ring is 1. The van der Waals surface area contributed by atoms with Crippen molar-refractivity contribution in [3.63, 3.8) is 0 Å². The van der Waals surface area contributed by atoms with Gasteiger partial charge < -0.3 is 5.73 Å². The second-order valence-electron chi connectivity index (χ2n) is 3.22. The van der Waals surface area contributed by atoms with Gasteiger partial charge in [-0.25, -0.2) is 0 Å². The zero-order valence-electron chi connectivity index (χ0n) is 8.45. The molecule has 1 aromatic rings. The first-order chi connectivity index (χ1) is 6.16. The van der Waals surface area contributed by atoms with Crippen LogP contribution in [0.4, 0.5) is 5.69 Å². The molecule has 2 N–H and O–H groups in total. The summed E-state index contributed by atoms with van der Waals surface area (Å²) in [6, 6.07) is 0.393. The minimum atomic E-state index is 0.393. The number of hydrogen-bond donors (Lipinski definition) is 1. The molecule has 0 aliphatic rings. The Morgan fingerprint density at radius 2 is 2.31 bits per heavy atom. The van der Waals surface area contributed by atoms with Gasteiger partial charge in [0.05, 0.1) is 17.6 Å². The Kier molecular flexibility index (Phi) is 3.66. The van der Waals surface area contributed by atoms with Crippen molar-refractivity contribution in [1.29, 1.82) is 0 Å². The second kappa shape index (κ2) is 4.56. The van der Waals surface area contributed by atoms with Crippen molar-refractivity contribution >= 4 is 17.4 Å². The van der Waals surface area contributed by atoms with E-state index < -0.39 is 0 Å². The molecule has 0 aliphatic carbocycles. The lowest BCUT2D eigenvalue weighted by Crippen LogP contribution is -2.07. The maximum absolute atomic E-state index is 5.82. The molecule has 3 nitrogen and oxygen atoms in total. The number of hydrogen-bond acceptors (Lipinski definition) is 3. The molecule has 0 amide bonds. The molecule has 0 radical (unpaired) electrons. The molecule has 0 bridgehead atoms. The van der Waals surface area contributed by atoms with Crippen molar-refractivity contribution in [3.8, 4) is 0 Å². The first-order valence-electron chi connectivity index (χ1n) is 4.56. The number of nitrogens with zero attached hydrogens (tertiary/aromatic N) is 2. The lowest BCUT2D eigenvalue weighted by Gasteiger charge is -2.10.